The zero-order chi connectivity index (χ0) is 16.7. The second-order valence-corrected chi connectivity index (χ2v) is 8.96. The molecular weight excluding hydrogens is 312 g/mol. The summed E-state index contributed by atoms with van der Waals surface area (Å²) in [6.45, 7) is 0.677. The molecule has 5 nitrogen and oxygen atoms in total. The van der Waals surface area contributed by atoms with Crippen LogP contribution in [0.4, 0.5) is 0 Å². The number of amides is 1. The van der Waals surface area contributed by atoms with Crippen LogP contribution in [-0.4, -0.2) is 49.9 Å². The Morgan fingerprint density at radius 2 is 1.96 bits per heavy atom. The Labute approximate surface area is 138 Å². The minimum Gasteiger partial charge on any atom is -0.331 e. The SMILES string of the molecule is CN(C)S(=O)(=O)CC(=O)N1C[C@@H]2CCCC[C@]21c1ccccc1. The van der Waals surface area contributed by atoms with E-state index in [0.29, 0.717) is 12.5 Å². The van der Waals surface area contributed by atoms with Gasteiger partial charge in [-0.1, -0.05) is 43.2 Å². The first-order valence-corrected chi connectivity index (χ1v) is 9.75. The van der Waals surface area contributed by atoms with Crippen molar-refractivity contribution in [3.63, 3.8) is 0 Å². The number of hydrogen-bond donors (Lipinski definition) is 0. The van der Waals surface area contributed by atoms with Gasteiger partial charge in [0, 0.05) is 26.6 Å². The van der Waals surface area contributed by atoms with Gasteiger partial charge in [-0.15, -0.1) is 0 Å². The van der Waals surface area contributed by atoms with E-state index in [1.54, 1.807) is 0 Å². The molecule has 0 spiro atoms. The predicted octanol–water partition coefficient (Wildman–Crippen LogP) is 1.81. The van der Waals surface area contributed by atoms with Crippen molar-refractivity contribution in [3.05, 3.63) is 35.9 Å². The number of benzene rings is 1. The van der Waals surface area contributed by atoms with Crippen molar-refractivity contribution in [3.8, 4) is 0 Å². The minimum atomic E-state index is -3.52. The number of carbonyl (C=O) groups is 1. The average molecular weight is 336 g/mol. The molecule has 0 radical (unpaired) electrons. The van der Waals surface area contributed by atoms with Crippen LogP contribution in [0.15, 0.2) is 30.3 Å². The van der Waals surface area contributed by atoms with E-state index in [0.717, 1.165) is 29.1 Å². The molecule has 6 heteroatoms. The summed E-state index contributed by atoms with van der Waals surface area (Å²) in [6.07, 6.45) is 4.31. The first-order chi connectivity index (χ1) is 10.9. The molecule has 1 saturated heterocycles. The summed E-state index contributed by atoms with van der Waals surface area (Å²) < 4.78 is 25.3. The zero-order valence-electron chi connectivity index (χ0n) is 13.7. The zero-order valence-corrected chi connectivity index (χ0v) is 14.6. The summed E-state index contributed by atoms with van der Waals surface area (Å²) >= 11 is 0. The van der Waals surface area contributed by atoms with Crippen LogP contribution >= 0.6 is 0 Å². The molecule has 23 heavy (non-hydrogen) atoms. The van der Waals surface area contributed by atoms with E-state index >= 15 is 0 Å². The van der Waals surface area contributed by atoms with Gasteiger partial charge in [0.2, 0.25) is 15.9 Å². The van der Waals surface area contributed by atoms with Crippen LogP contribution in [0.2, 0.25) is 0 Å². The largest absolute Gasteiger partial charge is 0.331 e. The van der Waals surface area contributed by atoms with Crippen molar-refractivity contribution in [2.45, 2.75) is 31.2 Å². The van der Waals surface area contributed by atoms with Gasteiger partial charge in [-0.2, -0.15) is 0 Å². The van der Waals surface area contributed by atoms with Gasteiger partial charge in [-0.3, -0.25) is 4.79 Å². The quantitative estimate of drug-likeness (QED) is 0.842. The third kappa shape index (κ3) is 2.68. The van der Waals surface area contributed by atoms with E-state index in [1.165, 1.54) is 20.5 Å². The second-order valence-electron chi connectivity index (χ2n) is 6.78. The number of rotatable bonds is 4. The van der Waals surface area contributed by atoms with Gasteiger partial charge in [0.15, 0.2) is 0 Å². The average Bonchev–Trinajstić information content (AvgIpc) is 2.49. The van der Waals surface area contributed by atoms with E-state index in [1.807, 2.05) is 23.1 Å². The van der Waals surface area contributed by atoms with Crippen LogP contribution in [0.1, 0.15) is 31.2 Å². The van der Waals surface area contributed by atoms with E-state index in [4.69, 9.17) is 0 Å². The van der Waals surface area contributed by atoms with Gasteiger partial charge in [0.25, 0.3) is 0 Å². The number of nitrogens with zero attached hydrogens (tertiary/aromatic N) is 2. The number of carbonyl (C=O) groups excluding carboxylic acids is 1. The smallest absolute Gasteiger partial charge is 0.239 e. The fourth-order valence-corrected chi connectivity index (χ4v) is 4.77. The van der Waals surface area contributed by atoms with Gasteiger partial charge in [-0.25, -0.2) is 12.7 Å². The number of fused-ring (bicyclic) bond motifs is 1. The molecule has 1 aromatic carbocycles. The number of hydrogen-bond acceptors (Lipinski definition) is 3. The molecule has 2 atom stereocenters. The van der Waals surface area contributed by atoms with Crippen LogP contribution in [-0.2, 0) is 20.4 Å². The van der Waals surface area contributed by atoms with Crippen molar-refractivity contribution < 1.29 is 13.2 Å². The first kappa shape index (κ1) is 16.5. The highest BCUT2D eigenvalue weighted by molar-refractivity contribution is 7.89. The van der Waals surface area contributed by atoms with E-state index in [9.17, 15) is 13.2 Å². The predicted molar refractivity (Wildman–Crippen MR) is 89.3 cm³/mol. The highest BCUT2D eigenvalue weighted by atomic mass is 32.2. The van der Waals surface area contributed by atoms with Gasteiger partial charge in [-0.05, 0) is 18.4 Å². The fraction of sp³-hybridized carbons (Fsp3) is 0.588. The molecule has 2 fully saturated rings. The maximum Gasteiger partial charge on any atom is 0.239 e. The molecular formula is C17H24N2O3S. The monoisotopic (exact) mass is 336 g/mol. The van der Waals surface area contributed by atoms with Crippen LogP contribution in [0, 0.1) is 5.92 Å². The molecule has 0 N–H and O–H groups in total. The minimum absolute atomic E-state index is 0.277. The molecule has 1 heterocycles. The highest BCUT2D eigenvalue weighted by Crippen LogP contribution is 2.53. The molecule has 0 unspecified atom stereocenters. The molecule has 126 valence electrons. The Bertz CT molecular complexity index is 687. The van der Waals surface area contributed by atoms with Crippen molar-refractivity contribution in [2.75, 3.05) is 26.4 Å². The Hall–Kier alpha value is -1.40. The van der Waals surface area contributed by atoms with Crippen molar-refractivity contribution in [1.82, 2.24) is 9.21 Å². The summed E-state index contributed by atoms with van der Waals surface area (Å²) in [6, 6.07) is 10.1. The van der Waals surface area contributed by atoms with E-state index in [-0.39, 0.29) is 11.4 Å². The topological polar surface area (TPSA) is 57.7 Å². The molecule has 1 saturated carbocycles. The lowest BCUT2D eigenvalue weighted by Gasteiger charge is -2.61. The van der Waals surface area contributed by atoms with E-state index in [2.05, 4.69) is 12.1 Å². The lowest BCUT2D eigenvalue weighted by atomic mass is 9.61. The summed E-state index contributed by atoms with van der Waals surface area (Å²) in [5.74, 6) is -0.272. The summed E-state index contributed by atoms with van der Waals surface area (Å²) in [4.78, 5) is 14.5. The number of likely N-dealkylation sites (tertiary alicyclic amines) is 1. The maximum atomic E-state index is 12.7. The van der Waals surface area contributed by atoms with Crippen molar-refractivity contribution in [2.24, 2.45) is 5.92 Å². The third-order valence-corrected chi connectivity index (χ3v) is 7.08. The van der Waals surface area contributed by atoms with Crippen LogP contribution in [0.25, 0.3) is 0 Å². The third-order valence-electron chi connectivity index (χ3n) is 5.36. The standard InChI is InChI=1S/C17H24N2O3S/c1-18(2)23(21,22)13-16(20)19-12-15-10-6-7-11-17(15,19)14-8-4-3-5-9-14/h3-5,8-9,15H,6-7,10-13H2,1-2H3/t15-,17-/m0/s1. The first-order valence-electron chi connectivity index (χ1n) is 8.14. The maximum absolute atomic E-state index is 12.7. The van der Waals surface area contributed by atoms with Crippen LogP contribution in [0.3, 0.4) is 0 Å². The Balaban J connectivity index is 1.89. The fourth-order valence-electron chi connectivity index (χ4n) is 4.05. The van der Waals surface area contributed by atoms with Gasteiger partial charge < -0.3 is 4.90 Å². The van der Waals surface area contributed by atoms with Gasteiger partial charge >= 0.3 is 0 Å². The van der Waals surface area contributed by atoms with Gasteiger partial charge in [0.1, 0.15) is 5.75 Å². The van der Waals surface area contributed by atoms with Crippen LogP contribution < -0.4 is 0 Å². The molecule has 0 aromatic heterocycles. The molecule has 1 aliphatic heterocycles. The second kappa shape index (κ2) is 5.91. The number of sulfonamides is 1. The van der Waals surface area contributed by atoms with Crippen molar-refractivity contribution in [1.29, 1.82) is 0 Å². The Morgan fingerprint density at radius 1 is 1.26 bits per heavy atom. The summed E-state index contributed by atoms with van der Waals surface area (Å²) in [5.41, 5.74) is 0.852. The Morgan fingerprint density at radius 3 is 2.57 bits per heavy atom. The van der Waals surface area contributed by atoms with E-state index < -0.39 is 15.8 Å². The van der Waals surface area contributed by atoms with Gasteiger partial charge in [0.05, 0.1) is 5.54 Å². The Kier molecular flexibility index (Phi) is 4.23. The molecule has 1 aromatic rings. The summed E-state index contributed by atoms with van der Waals surface area (Å²) in [7, 11) is -0.589. The molecule has 1 amide bonds. The summed E-state index contributed by atoms with van der Waals surface area (Å²) in [5, 5.41) is 0. The highest BCUT2D eigenvalue weighted by Gasteiger charge is 2.57. The molecule has 3 rings (SSSR count). The lowest BCUT2D eigenvalue weighted by molar-refractivity contribution is -0.163. The van der Waals surface area contributed by atoms with Crippen LogP contribution in [0.5, 0.6) is 0 Å². The van der Waals surface area contributed by atoms with Crippen molar-refractivity contribution >= 4 is 15.9 Å². The molecule has 2 aliphatic rings. The normalized spacial score (nSPS) is 27.4. The molecule has 1 aliphatic carbocycles. The molecule has 0 bridgehead atoms. The lowest BCUT2D eigenvalue weighted by Crippen LogP contribution is -2.68.